The molecule has 0 atom stereocenters. The lowest BCUT2D eigenvalue weighted by molar-refractivity contribution is 0.542. The largest absolute Gasteiger partial charge is 0.0845 e. The van der Waals surface area contributed by atoms with Gasteiger partial charge in [0.25, 0.3) is 0 Å². The van der Waals surface area contributed by atoms with Gasteiger partial charge in [0.2, 0.25) is 0 Å². The third-order valence-electron chi connectivity index (χ3n) is 3.87. The minimum absolute atomic E-state index is 1.27. The van der Waals surface area contributed by atoms with Crippen molar-refractivity contribution in [3.63, 3.8) is 0 Å². The Morgan fingerprint density at radius 2 is 0.611 bits per heavy atom. The average molecular weight is 248 g/mol. The van der Waals surface area contributed by atoms with Crippen LogP contribution in [-0.4, -0.2) is 0 Å². The zero-order valence-electron chi connectivity index (χ0n) is 12.2. The van der Waals surface area contributed by atoms with E-state index in [1.165, 1.54) is 89.9 Å². The van der Waals surface area contributed by atoms with Crippen molar-refractivity contribution in [3.05, 3.63) is 24.3 Å². The van der Waals surface area contributed by atoms with Gasteiger partial charge in [0.05, 0.1) is 0 Å². The summed E-state index contributed by atoms with van der Waals surface area (Å²) in [5, 5.41) is 0. The van der Waals surface area contributed by atoms with E-state index in [1.807, 2.05) is 0 Å². The first-order valence-corrected chi connectivity index (χ1v) is 8.32. The van der Waals surface area contributed by atoms with Gasteiger partial charge in [-0.25, -0.2) is 0 Å². The van der Waals surface area contributed by atoms with Crippen LogP contribution in [0.5, 0.6) is 0 Å². The summed E-state index contributed by atoms with van der Waals surface area (Å²) in [6.07, 6.45) is 29.0. The molecule has 0 saturated heterocycles. The lowest BCUT2D eigenvalue weighted by Crippen LogP contribution is -1.83. The van der Waals surface area contributed by atoms with Crippen molar-refractivity contribution in [1.82, 2.24) is 0 Å². The molecule has 0 heteroatoms. The predicted molar refractivity (Wildman–Crippen MR) is 82.9 cm³/mol. The van der Waals surface area contributed by atoms with Crippen LogP contribution in [0.1, 0.15) is 89.9 Å². The van der Waals surface area contributed by atoms with E-state index in [1.54, 1.807) is 0 Å². The molecule has 1 rings (SSSR count). The van der Waals surface area contributed by atoms with Gasteiger partial charge in [0.15, 0.2) is 0 Å². The highest BCUT2D eigenvalue weighted by atomic mass is 14.0. The smallest absolute Gasteiger partial charge is 0.0348 e. The van der Waals surface area contributed by atoms with Gasteiger partial charge in [0.1, 0.15) is 0 Å². The standard InChI is InChI=1S/C18H32/c1-2-4-6-8-10-12-14-16-18-17-15-13-11-9-7-5-3-1/h1-4H,5-18H2/b3-1+,4-2?. The number of hydrogen-bond acceptors (Lipinski definition) is 0. The summed E-state index contributed by atoms with van der Waals surface area (Å²) in [6.45, 7) is 0. The van der Waals surface area contributed by atoms with Crippen molar-refractivity contribution in [2.45, 2.75) is 89.9 Å². The van der Waals surface area contributed by atoms with Crippen molar-refractivity contribution in [2.75, 3.05) is 0 Å². The number of allylic oxidation sites excluding steroid dienone is 4. The molecule has 0 bridgehead atoms. The number of rotatable bonds is 0. The van der Waals surface area contributed by atoms with Crippen LogP contribution in [0, 0.1) is 0 Å². The monoisotopic (exact) mass is 248 g/mol. The Balaban J connectivity index is 2.13. The van der Waals surface area contributed by atoms with Crippen LogP contribution in [-0.2, 0) is 0 Å². The van der Waals surface area contributed by atoms with Crippen LogP contribution in [0.2, 0.25) is 0 Å². The van der Waals surface area contributed by atoms with E-state index in [9.17, 15) is 0 Å². The quantitative estimate of drug-likeness (QED) is 0.454. The molecule has 0 amide bonds. The van der Waals surface area contributed by atoms with E-state index in [2.05, 4.69) is 24.3 Å². The molecular weight excluding hydrogens is 216 g/mol. The molecular formula is C18H32. The second kappa shape index (κ2) is 12.9. The molecule has 104 valence electrons. The molecule has 0 aromatic heterocycles. The van der Waals surface area contributed by atoms with Crippen LogP contribution in [0.3, 0.4) is 0 Å². The van der Waals surface area contributed by atoms with Gasteiger partial charge >= 0.3 is 0 Å². The van der Waals surface area contributed by atoms with E-state index >= 15 is 0 Å². The fourth-order valence-corrected chi connectivity index (χ4v) is 2.64. The van der Waals surface area contributed by atoms with E-state index in [0.29, 0.717) is 0 Å². The average Bonchev–Trinajstić information content (AvgIpc) is 2.39. The van der Waals surface area contributed by atoms with Crippen LogP contribution in [0.15, 0.2) is 24.3 Å². The molecule has 0 spiro atoms. The summed E-state index contributed by atoms with van der Waals surface area (Å²) < 4.78 is 0. The van der Waals surface area contributed by atoms with Crippen LogP contribution in [0.25, 0.3) is 0 Å². The zero-order valence-corrected chi connectivity index (χ0v) is 12.2. The van der Waals surface area contributed by atoms with Crippen molar-refractivity contribution >= 4 is 0 Å². The third kappa shape index (κ3) is 10.6. The van der Waals surface area contributed by atoms with E-state index in [0.717, 1.165) is 0 Å². The molecule has 1 aliphatic carbocycles. The molecule has 0 aromatic carbocycles. The molecule has 1 aliphatic rings. The summed E-state index contributed by atoms with van der Waals surface area (Å²) in [7, 11) is 0. The molecule has 0 nitrogen and oxygen atoms in total. The Morgan fingerprint density at radius 1 is 0.333 bits per heavy atom. The maximum atomic E-state index is 2.33. The SMILES string of the molecule is C1=CCCCCCCCCCCCCCC/C=C/1. The lowest BCUT2D eigenvalue weighted by atomic mass is 10.0. The van der Waals surface area contributed by atoms with Crippen molar-refractivity contribution in [2.24, 2.45) is 0 Å². The highest BCUT2D eigenvalue weighted by Gasteiger charge is 1.93. The first kappa shape index (κ1) is 15.5. The molecule has 18 heavy (non-hydrogen) atoms. The second-order valence-electron chi connectivity index (χ2n) is 5.68. The maximum absolute atomic E-state index is 2.33. The maximum Gasteiger partial charge on any atom is -0.0348 e. The van der Waals surface area contributed by atoms with E-state index in [-0.39, 0.29) is 0 Å². The van der Waals surface area contributed by atoms with Crippen molar-refractivity contribution in [1.29, 1.82) is 0 Å². The number of hydrogen-bond donors (Lipinski definition) is 0. The first-order chi connectivity index (χ1) is 9.00. The van der Waals surface area contributed by atoms with E-state index in [4.69, 9.17) is 0 Å². The minimum atomic E-state index is 1.27. The minimum Gasteiger partial charge on any atom is -0.0845 e. The Morgan fingerprint density at radius 3 is 0.944 bits per heavy atom. The van der Waals surface area contributed by atoms with Gasteiger partial charge in [-0.2, -0.15) is 0 Å². The second-order valence-corrected chi connectivity index (χ2v) is 5.68. The highest BCUT2D eigenvalue weighted by molar-refractivity contribution is 5.02. The van der Waals surface area contributed by atoms with Crippen LogP contribution in [0.4, 0.5) is 0 Å². The summed E-state index contributed by atoms with van der Waals surface area (Å²) in [4.78, 5) is 0. The Kier molecular flexibility index (Phi) is 11.2. The molecule has 0 unspecified atom stereocenters. The first-order valence-electron chi connectivity index (χ1n) is 8.32. The Bertz CT molecular complexity index is 188. The highest BCUT2D eigenvalue weighted by Crippen LogP contribution is 2.13. The molecule has 0 aliphatic heterocycles. The summed E-state index contributed by atoms with van der Waals surface area (Å²) in [5.74, 6) is 0. The van der Waals surface area contributed by atoms with Crippen molar-refractivity contribution < 1.29 is 0 Å². The molecule has 0 radical (unpaired) electrons. The van der Waals surface area contributed by atoms with E-state index < -0.39 is 0 Å². The molecule has 0 aromatic rings. The van der Waals surface area contributed by atoms with Gasteiger partial charge < -0.3 is 0 Å². The molecule has 0 heterocycles. The normalized spacial score (nSPS) is 24.0. The fourth-order valence-electron chi connectivity index (χ4n) is 2.64. The molecule has 0 N–H and O–H groups in total. The van der Waals surface area contributed by atoms with Crippen molar-refractivity contribution in [3.8, 4) is 0 Å². The summed E-state index contributed by atoms with van der Waals surface area (Å²) in [5.41, 5.74) is 0. The van der Waals surface area contributed by atoms with Gasteiger partial charge in [-0.15, -0.1) is 0 Å². The van der Waals surface area contributed by atoms with Gasteiger partial charge in [-0.05, 0) is 25.7 Å². The van der Waals surface area contributed by atoms with Gasteiger partial charge in [-0.3, -0.25) is 0 Å². The third-order valence-corrected chi connectivity index (χ3v) is 3.87. The van der Waals surface area contributed by atoms with Gasteiger partial charge in [0, 0.05) is 0 Å². The predicted octanol–water partition coefficient (Wildman–Crippen LogP) is 6.57. The van der Waals surface area contributed by atoms with Gasteiger partial charge in [-0.1, -0.05) is 88.5 Å². The Hall–Kier alpha value is -0.520. The molecule has 0 saturated carbocycles. The van der Waals surface area contributed by atoms with Crippen LogP contribution < -0.4 is 0 Å². The summed E-state index contributed by atoms with van der Waals surface area (Å²) >= 11 is 0. The fraction of sp³-hybridized carbons (Fsp3) is 0.778. The lowest BCUT2D eigenvalue weighted by Gasteiger charge is -2.02. The summed E-state index contributed by atoms with van der Waals surface area (Å²) in [6, 6.07) is 0. The Labute approximate surface area is 115 Å². The van der Waals surface area contributed by atoms with Crippen LogP contribution >= 0.6 is 0 Å². The topological polar surface area (TPSA) is 0 Å². The zero-order chi connectivity index (χ0) is 12.7. The molecule has 0 fully saturated rings.